The number of aryl methyl sites for hydroxylation is 1. The number of para-hydroxylation sites is 1. The molecular weight excluding hydrogens is 465 g/mol. The van der Waals surface area contributed by atoms with Gasteiger partial charge in [0.05, 0.1) is 16.2 Å². The van der Waals surface area contributed by atoms with Crippen molar-refractivity contribution in [3.63, 3.8) is 0 Å². The molecule has 1 fully saturated rings. The number of nitrogens with zero attached hydrogens (tertiary/aromatic N) is 3. The van der Waals surface area contributed by atoms with Crippen molar-refractivity contribution in [1.82, 2.24) is 9.47 Å². The fourth-order valence-electron chi connectivity index (χ4n) is 4.05. The molecule has 1 aromatic heterocycles. The van der Waals surface area contributed by atoms with Crippen LogP contribution >= 0.6 is 11.6 Å². The van der Waals surface area contributed by atoms with E-state index in [4.69, 9.17) is 16.3 Å². The van der Waals surface area contributed by atoms with Crippen LogP contribution in [0.5, 0.6) is 5.75 Å². The lowest BCUT2D eigenvalue weighted by Crippen LogP contribution is -2.50. The van der Waals surface area contributed by atoms with E-state index in [-0.39, 0.29) is 17.9 Å². The van der Waals surface area contributed by atoms with Gasteiger partial charge in [0.25, 0.3) is 5.91 Å². The van der Waals surface area contributed by atoms with Gasteiger partial charge in [-0.05, 0) is 31.2 Å². The summed E-state index contributed by atoms with van der Waals surface area (Å²) in [7, 11) is 0. The zero-order valence-corrected chi connectivity index (χ0v) is 19.2. The van der Waals surface area contributed by atoms with Gasteiger partial charge in [-0.1, -0.05) is 23.7 Å². The van der Waals surface area contributed by atoms with Crippen molar-refractivity contribution in [2.75, 3.05) is 37.7 Å². The number of ether oxygens (including phenoxy) is 1. The van der Waals surface area contributed by atoms with E-state index < -0.39 is 22.8 Å². The summed E-state index contributed by atoms with van der Waals surface area (Å²) in [6.07, 6.45) is 1.28. The van der Waals surface area contributed by atoms with E-state index in [9.17, 15) is 19.5 Å². The molecule has 2 aromatic carbocycles. The van der Waals surface area contributed by atoms with Crippen LogP contribution in [0.4, 0.5) is 10.1 Å². The SMILES string of the molecule is CCn1cc(C(=O)O)c(=O)c2cc(F)c(N3CCN(C(=O)COc4ccccc4Cl)CC3)cc21. The Bertz CT molecular complexity index is 1320. The number of carbonyl (C=O) groups excluding carboxylic acids is 1. The molecule has 34 heavy (non-hydrogen) atoms. The molecule has 1 amide bonds. The summed E-state index contributed by atoms with van der Waals surface area (Å²) < 4.78 is 22.1. The number of benzene rings is 2. The van der Waals surface area contributed by atoms with E-state index in [0.29, 0.717) is 54.7 Å². The minimum atomic E-state index is -1.35. The van der Waals surface area contributed by atoms with Crippen LogP contribution in [-0.4, -0.2) is 59.2 Å². The molecule has 0 aliphatic carbocycles. The number of amides is 1. The van der Waals surface area contributed by atoms with Crippen molar-refractivity contribution in [3.8, 4) is 5.75 Å². The number of rotatable bonds is 6. The lowest BCUT2D eigenvalue weighted by molar-refractivity contribution is -0.133. The molecule has 178 valence electrons. The molecule has 0 saturated carbocycles. The first-order chi connectivity index (χ1) is 16.3. The average molecular weight is 488 g/mol. The molecule has 0 radical (unpaired) electrons. The number of anilines is 1. The number of hydrogen-bond donors (Lipinski definition) is 1. The monoisotopic (exact) mass is 487 g/mol. The highest BCUT2D eigenvalue weighted by Gasteiger charge is 2.25. The van der Waals surface area contributed by atoms with Crippen LogP contribution in [0.15, 0.2) is 47.4 Å². The second-order valence-corrected chi connectivity index (χ2v) is 8.28. The summed E-state index contributed by atoms with van der Waals surface area (Å²) in [5.41, 5.74) is -0.351. The first-order valence-electron chi connectivity index (χ1n) is 10.8. The van der Waals surface area contributed by atoms with Crippen molar-refractivity contribution in [1.29, 1.82) is 0 Å². The third-order valence-corrected chi connectivity index (χ3v) is 6.19. The summed E-state index contributed by atoms with van der Waals surface area (Å²) in [6.45, 7) is 3.61. The molecule has 1 aliphatic rings. The highest BCUT2D eigenvalue weighted by atomic mass is 35.5. The number of carboxylic acids is 1. The minimum absolute atomic E-state index is 0.0218. The van der Waals surface area contributed by atoms with Gasteiger partial charge in [-0.3, -0.25) is 9.59 Å². The maximum absolute atomic E-state index is 15.0. The van der Waals surface area contributed by atoms with Gasteiger partial charge < -0.3 is 24.2 Å². The average Bonchev–Trinajstić information content (AvgIpc) is 2.83. The number of aromatic nitrogens is 1. The predicted octanol–water partition coefficient (Wildman–Crippen LogP) is 3.24. The topological polar surface area (TPSA) is 92.1 Å². The molecule has 1 N–H and O–H groups in total. The van der Waals surface area contributed by atoms with E-state index in [0.717, 1.165) is 6.07 Å². The summed E-state index contributed by atoms with van der Waals surface area (Å²) in [6, 6.07) is 9.57. The highest BCUT2D eigenvalue weighted by Crippen LogP contribution is 2.27. The van der Waals surface area contributed by atoms with Crippen LogP contribution in [0.2, 0.25) is 5.02 Å². The fraction of sp³-hybridized carbons (Fsp3) is 0.292. The largest absolute Gasteiger partial charge is 0.482 e. The zero-order chi connectivity index (χ0) is 24.4. The Kier molecular flexibility index (Phi) is 6.74. The fourth-order valence-corrected chi connectivity index (χ4v) is 4.24. The van der Waals surface area contributed by atoms with E-state index in [1.807, 2.05) is 11.8 Å². The summed E-state index contributed by atoms with van der Waals surface area (Å²) in [4.78, 5) is 40.0. The Morgan fingerprint density at radius 2 is 1.85 bits per heavy atom. The second kappa shape index (κ2) is 9.72. The van der Waals surface area contributed by atoms with Crippen LogP contribution in [-0.2, 0) is 11.3 Å². The highest BCUT2D eigenvalue weighted by molar-refractivity contribution is 6.32. The van der Waals surface area contributed by atoms with Crippen molar-refractivity contribution in [3.05, 3.63) is 69.2 Å². The molecule has 0 bridgehead atoms. The van der Waals surface area contributed by atoms with Crippen LogP contribution < -0.4 is 15.1 Å². The van der Waals surface area contributed by atoms with Crippen molar-refractivity contribution >= 4 is 40.1 Å². The molecule has 4 rings (SSSR count). The molecule has 0 unspecified atom stereocenters. The Morgan fingerprint density at radius 1 is 1.15 bits per heavy atom. The summed E-state index contributed by atoms with van der Waals surface area (Å²) in [5.74, 6) is -1.73. The molecule has 2 heterocycles. The van der Waals surface area contributed by atoms with Gasteiger partial charge in [0, 0.05) is 44.3 Å². The van der Waals surface area contributed by atoms with Crippen molar-refractivity contribution in [2.45, 2.75) is 13.5 Å². The van der Waals surface area contributed by atoms with Crippen molar-refractivity contribution in [2.24, 2.45) is 0 Å². The van der Waals surface area contributed by atoms with Crippen LogP contribution in [0, 0.1) is 5.82 Å². The maximum atomic E-state index is 15.0. The Hall–Kier alpha value is -3.59. The van der Waals surface area contributed by atoms with E-state index in [1.165, 1.54) is 6.20 Å². The number of hydrogen-bond acceptors (Lipinski definition) is 5. The van der Waals surface area contributed by atoms with Crippen LogP contribution in [0.3, 0.4) is 0 Å². The minimum Gasteiger partial charge on any atom is -0.482 e. The smallest absolute Gasteiger partial charge is 0.341 e. The Labute approximate surface area is 199 Å². The van der Waals surface area contributed by atoms with Crippen LogP contribution in [0.1, 0.15) is 17.3 Å². The molecule has 3 aromatic rings. The number of aromatic carboxylic acids is 1. The van der Waals surface area contributed by atoms with E-state index in [1.54, 1.807) is 39.8 Å². The van der Waals surface area contributed by atoms with E-state index in [2.05, 4.69) is 0 Å². The first kappa shape index (κ1) is 23.6. The normalized spacial score (nSPS) is 13.9. The van der Waals surface area contributed by atoms with Gasteiger partial charge in [0.1, 0.15) is 17.1 Å². The number of carboxylic acid groups (broad SMARTS) is 1. The number of carbonyl (C=O) groups is 2. The van der Waals surface area contributed by atoms with Gasteiger partial charge in [-0.2, -0.15) is 0 Å². The van der Waals surface area contributed by atoms with Gasteiger partial charge in [0.2, 0.25) is 5.43 Å². The molecular formula is C24H23ClFN3O5. The van der Waals surface area contributed by atoms with Gasteiger partial charge in [-0.15, -0.1) is 0 Å². The van der Waals surface area contributed by atoms with E-state index >= 15 is 4.39 Å². The van der Waals surface area contributed by atoms with Gasteiger partial charge in [0.15, 0.2) is 6.61 Å². The third kappa shape index (κ3) is 4.56. The first-order valence-corrected chi connectivity index (χ1v) is 11.2. The van der Waals surface area contributed by atoms with Crippen LogP contribution in [0.25, 0.3) is 10.9 Å². The van der Waals surface area contributed by atoms with Crippen molar-refractivity contribution < 1.29 is 23.8 Å². The number of halogens is 2. The maximum Gasteiger partial charge on any atom is 0.341 e. The molecule has 10 heteroatoms. The number of piperazine rings is 1. The van der Waals surface area contributed by atoms with Gasteiger partial charge in [-0.25, -0.2) is 9.18 Å². The quantitative estimate of drug-likeness (QED) is 0.574. The molecule has 0 atom stereocenters. The number of pyridine rings is 1. The molecule has 1 saturated heterocycles. The lowest BCUT2D eigenvalue weighted by Gasteiger charge is -2.36. The Balaban J connectivity index is 1.49. The molecule has 0 spiro atoms. The van der Waals surface area contributed by atoms with Gasteiger partial charge >= 0.3 is 5.97 Å². The molecule has 8 nitrogen and oxygen atoms in total. The standard InChI is InChI=1S/C24H23ClFN3O5/c1-2-27-13-16(24(32)33)23(31)15-11-18(26)20(12-19(15)27)28-7-9-29(10-8-28)22(30)14-34-21-6-4-3-5-17(21)25/h3-6,11-13H,2,7-10,14H2,1H3,(H,32,33). The lowest BCUT2D eigenvalue weighted by atomic mass is 10.1. The Morgan fingerprint density at radius 3 is 2.50 bits per heavy atom. The predicted molar refractivity (Wildman–Crippen MR) is 127 cm³/mol. The number of fused-ring (bicyclic) bond motifs is 1. The summed E-state index contributed by atoms with van der Waals surface area (Å²) >= 11 is 6.05. The second-order valence-electron chi connectivity index (χ2n) is 7.87. The zero-order valence-electron chi connectivity index (χ0n) is 18.5. The molecule has 1 aliphatic heterocycles. The third-order valence-electron chi connectivity index (χ3n) is 5.88. The summed E-state index contributed by atoms with van der Waals surface area (Å²) in [5, 5.41) is 9.74.